The Morgan fingerprint density at radius 1 is 0.773 bits per heavy atom. The Balaban J connectivity index is 1.91. The Bertz CT molecular complexity index is 763. The van der Waals surface area contributed by atoms with Gasteiger partial charge in [0.05, 0.1) is 0 Å². The topological polar surface area (TPSA) is 46.2 Å². The summed E-state index contributed by atoms with van der Waals surface area (Å²) in [7, 11) is 0. The van der Waals surface area contributed by atoms with Crippen LogP contribution in [0.25, 0.3) is 11.1 Å². The van der Waals surface area contributed by atoms with Crippen LogP contribution in [0, 0.1) is 6.92 Å². The number of nitrogen functional groups attached to an aromatic ring is 1. The average Bonchev–Trinajstić information content (AvgIpc) is 2.58. The molecule has 3 rings (SSSR count). The first-order chi connectivity index (χ1) is 10.7. The molecule has 0 bridgehead atoms. The number of anilines is 1. The molecular formula is C20H19NO. The predicted molar refractivity (Wildman–Crippen MR) is 91.5 cm³/mol. The number of benzene rings is 3. The Morgan fingerprint density at radius 2 is 1.41 bits per heavy atom. The smallest absolute Gasteiger partial charge is 0.104 e. The first-order valence-corrected chi connectivity index (χ1v) is 7.35. The Hall–Kier alpha value is -2.58. The van der Waals surface area contributed by atoms with Crippen LogP contribution < -0.4 is 5.73 Å². The van der Waals surface area contributed by atoms with Gasteiger partial charge in [-0.3, -0.25) is 0 Å². The molecule has 1 atom stereocenters. The summed E-state index contributed by atoms with van der Waals surface area (Å²) in [6.45, 7) is 1.94. The van der Waals surface area contributed by atoms with Crippen molar-refractivity contribution in [2.24, 2.45) is 0 Å². The highest BCUT2D eigenvalue weighted by Gasteiger charge is 2.14. The largest absolute Gasteiger partial charge is 0.399 e. The van der Waals surface area contributed by atoms with Crippen LogP contribution in [0.3, 0.4) is 0 Å². The number of hydrogen-bond donors (Lipinski definition) is 2. The molecule has 3 N–H and O–H groups in total. The van der Waals surface area contributed by atoms with E-state index in [0.29, 0.717) is 5.69 Å². The molecule has 2 heteroatoms. The maximum atomic E-state index is 10.6. The van der Waals surface area contributed by atoms with E-state index >= 15 is 0 Å². The third-order valence-electron chi connectivity index (χ3n) is 4.05. The summed E-state index contributed by atoms with van der Waals surface area (Å²) >= 11 is 0. The van der Waals surface area contributed by atoms with Crippen molar-refractivity contribution >= 4 is 5.69 Å². The third kappa shape index (κ3) is 2.74. The summed E-state index contributed by atoms with van der Waals surface area (Å²) < 4.78 is 0. The van der Waals surface area contributed by atoms with Gasteiger partial charge in [-0.15, -0.1) is 0 Å². The summed E-state index contributed by atoms with van der Waals surface area (Å²) in [4.78, 5) is 0. The standard InChI is InChI=1S/C20H19NO/c1-14-18(8-5-9-19(14)21)20(22)17-12-10-16(11-13-17)15-6-3-2-4-7-15/h2-13,20,22H,21H2,1H3/t20-/m0/s1. The fourth-order valence-electron chi connectivity index (χ4n) is 2.64. The number of aliphatic hydroxyl groups is 1. The van der Waals surface area contributed by atoms with Crippen LogP contribution in [-0.4, -0.2) is 5.11 Å². The SMILES string of the molecule is Cc1c(N)cccc1[C@@H](O)c1ccc(-c2ccccc2)cc1. The Morgan fingerprint density at radius 3 is 2.09 bits per heavy atom. The van der Waals surface area contributed by atoms with Crippen molar-refractivity contribution < 1.29 is 5.11 Å². The normalized spacial score (nSPS) is 12.1. The molecule has 0 amide bonds. The van der Waals surface area contributed by atoms with E-state index in [-0.39, 0.29) is 0 Å². The summed E-state index contributed by atoms with van der Waals surface area (Å²) in [5, 5.41) is 10.6. The highest BCUT2D eigenvalue weighted by Crippen LogP contribution is 2.29. The second kappa shape index (κ2) is 6.04. The molecule has 0 heterocycles. The molecule has 0 aromatic heterocycles. The van der Waals surface area contributed by atoms with Crippen molar-refractivity contribution in [1.29, 1.82) is 0 Å². The van der Waals surface area contributed by atoms with Crippen LogP contribution in [0.1, 0.15) is 22.8 Å². The summed E-state index contributed by atoms with van der Waals surface area (Å²) in [6, 6.07) is 23.9. The first kappa shape index (κ1) is 14.4. The number of aliphatic hydroxyl groups excluding tert-OH is 1. The van der Waals surface area contributed by atoms with Crippen molar-refractivity contribution in [3.8, 4) is 11.1 Å². The molecule has 2 nitrogen and oxygen atoms in total. The van der Waals surface area contributed by atoms with Crippen molar-refractivity contribution in [3.63, 3.8) is 0 Å². The van der Waals surface area contributed by atoms with Crippen LogP contribution in [0.4, 0.5) is 5.69 Å². The van der Waals surface area contributed by atoms with Gasteiger partial charge in [0.15, 0.2) is 0 Å². The van der Waals surface area contributed by atoms with Gasteiger partial charge in [0.1, 0.15) is 6.10 Å². The van der Waals surface area contributed by atoms with Gasteiger partial charge >= 0.3 is 0 Å². The minimum absolute atomic E-state index is 0.659. The Labute approximate surface area is 130 Å². The van der Waals surface area contributed by atoms with Gasteiger partial charge in [-0.2, -0.15) is 0 Å². The molecule has 110 valence electrons. The molecular weight excluding hydrogens is 270 g/mol. The zero-order valence-corrected chi connectivity index (χ0v) is 12.5. The summed E-state index contributed by atoms with van der Waals surface area (Å²) in [5.74, 6) is 0. The highest BCUT2D eigenvalue weighted by atomic mass is 16.3. The van der Waals surface area contributed by atoms with Crippen LogP contribution in [0.2, 0.25) is 0 Å². The fourth-order valence-corrected chi connectivity index (χ4v) is 2.64. The van der Waals surface area contributed by atoms with Gasteiger partial charge in [0, 0.05) is 5.69 Å². The Kier molecular flexibility index (Phi) is 3.94. The molecule has 0 saturated carbocycles. The minimum Gasteiger partial charge on any atom is -0.399 e. The van der Waals surface area contributed by atoms with E-state index in [1.807, 2.05) is 67.6 Å². The van der Waals surface area contributed by atoms with Crippen LogP contribution in [-0.2, 0) is 0 Å². The molecule has 0 radical (unpaired) electrons. The lowest BCUT2D eigenvalue weighted by Crippen LogP contribution is -2.04. The summed E-state index contributed by atoms with van der Waals surface area (Å²) in [6.07, 6.45) is -0.659. The maximum absolute atomic E-state index is 10.6. The summed E-state index contributed by atoms with van der Waals surface area (Å²) in [5.41, 5.74) is 11.6. The molecule has 0 aliphatic rings. The molecule has 0 aliphatic heterocycles. The lowest BCUT2D eigenvalue weighted by atomic mass is 9.95. The van der Waals surface area contributed by atoms with E-state index in [2.05, 4.69) is 12.1 Å². The molecule has 0 aliphatic carbocycles. The van der Waals surface area contributed by atoms with Gasteiger partial charge in [-0.05, 0) is 40.8 Å². The second-order valence-electron chi connectivity index (χ2n) is 5.45. The van der Waals surface area contributed by atoms with Gasteiger partial charge in [-0.25, -0.2) is 0 Å². The van der Waals surface area contributed by atoms with Gasteiger partial charge in [0.25, 0.3) is 0 Å². The van der Waals surface area contributed by atoms with E-state index in [1.165, 1.54) is 5.56 Å². The van der Waals surface area contributed by atoms with E-state index in [1.54, 1.807) is 0 Å². The predicted octanol–water partition coefficient (Wildman–Crippen LogP) is 4.33. The monoisotopic (exact) mass is 289 g/mol. The number of nitrogens with two attached hydrogens (primary N) is 1. The van der Waals surface area contributed by atoms with Crippen molar-refractivity contribution in [3.05, 3.63) is 89.5 Å². The highest BCUT2D eigenvalue weighted by molar-refractivity contribution is 5.63. The molecule has 3 aromatic rings. The van der Waals surface area contributed by atoms with Gasteiger partial charge < -0.3 is 10.8 Å². The van der Waals surface area contributed by atoms with E-state index in [9.17, 15) is 5.11 Å². The minimum atomic E-state index is -0.659. The van der Waals surface area contributed by atoms with Crippen molar-refractivity contribution in [1.82, 2.24) is 0 Å². The van der Waals surface area contributed by atoms with E-state index < -0.39 is 6.10 Å². The molecule has 0 saturated heterocycles. The third-order valence-corrected chi connectivity index (χ3v) is 4.05. The second-order valence-corrected chi connectivity index (χ2v) is 5.45. The molecule has 22 heavy (non-hydrogen) atoms. The zero-order valence-electron chi connectivity index (χ0n) is 12.5. The zero-order chi connectivity index (χ0) is 15.5. The quantitative estimate of drug-likeness (QED) is 0.705. The van der Waals surface area contributed by atoms with E-state index in [0.717, 1.165) is 22.3 Å². The molecule has 0 spiro atoms. The lowest BCUT2D eigenvalue weighted by Gasteiger charge is -2.16. The van der Waals surface area contributed by atoms with Crippen LogP contribution >= 0.6 is 0 Å². The number of rotatable bonds is 3. The lowest BCUT2D eigenvalue weighted by molar-refractivity contribution is 0.219. The van der Waals surface area contributed by atoms with Gasteiger partial charge in [0.2, 0.25) is 0 Å². The fraction of sp³-hybridized carbons (Fsp3) is 0.100. The van der Waals surface area contributed by atoms with Gasteiger partial charge in [-0.1, -0.05) is 66.7 Å². The van der Waals surface area contributed by atoms with E-state index in [4.69, 9.17) is 5.73 Å². The number of hydrogen-bond acceptors (Lipinski definition) is 2. The van der Waals surface area contributed by atoms with Crippen LogP contribution in [0.5, 0.6) is 0 Å². The van der Waals surface area contributed by atoms with Crippen molar-refractivity contribution in [2.45, 2.75) is 13.0 Å². The maximum Gasteiger partial charge on any atom is 0.104 e. The first-order valence-electron chi connectivity index (χ1n) is 7.35. The molecule has 0 fully saturated rings. The average molecular weight is 289 g/mol. The molecule has 0 unspecified atom stereocenters. The van der Waals surface area contributed by atoms with Crippen LogP contribution in [0.15, 0.2) is 72.8 Å². The van der Waals surface area contributed by atoms with Crippen molar-refractivity contribution in [2.75, 3.05) is 5.73 Å². The molecule has 3 aromatic carbocycles.